The SMILES string of the molecule is Nc1ncnc2c1ncn2[C@@H]1C[C@H](COP(=O)(O)Oc2ccc(Cl)cc2)[C@@H]1CO. The highest BCUT2D eigenvalue weighted by molar-refractivity contribution is 7.47. The highest BCUT2D eigenvalue weighted by Gasteiger charge is 2.43. The van der Waals surface area contributed by atoms with Crippen molar-refractivity contribution in [2.24, 2.45) is 11.8 Å². The molecule has 0 amide bonds. The Hall–Kier alpha value is -2.23. The normalized spacial score (nSPS) is 23.5. The van der Waals surface area contributed by atoms with E-state index in [2.05, 4.69) is 15.0 Å². The zero-order valence-corrected chi connectivity index (χ0v) is 16.8. The van der Waals surface area contributed by atoms with Crippen LogP contribution in [0.15, 0.2) is 36.9 Å². The van der Waals surface area contributed by atoms with Gasteiger partial charge >= 0.3 is 7.82 Å². The van der Waals surface area contributed by atoms with Crippen molar-refractivity contribution in [2.45, 2.75) is 12.5 Å². The van der Waals surface area contributed by atoms with Crippen molar-refractivity contribution in [3.63, 3.8) is 0 Å². The van der Waals surface area contributed by atoms with Gasteiger partial charge in [-0.3, -0.25) is 9.42 Å². The van der Waals surface area contributed by atoms with E-state index in [1.165, 1.54) is 18.5 Å². The first-order valence-corrected chi connectivity index (χ1v) is 10.7. The number of imidazole rings is 1. The molecule has 1 aliphatic carbocycles. The molecule has 1 aromatic carbocycles. The average molecular weight is 440 g/mol. The molecule has 0 radical (unpaired) electrons. The van der Waals surface area contributed by atoms with Crippen LogP contribution in [0.1, 0.15) is 12.5 Å². The van der Waals surface area contributed by atoms with Gasteiger partial charge in [-0.2, -0.15) is 0 Å². The van der Waals surface area contributed by atoms with Crippen molar-refractivity contribution in [2.75, 3.05) is 18.9 Å². The van der Waals surface area contributed by atoms with E-state index < -0.39 is 7.82 Å². The number of hydrogen-bond acceptors (Lipinski definition) is 8. The van der Waals surface area contributed by atoms with Gasteiger partial charge in [0.15, 0.2) is 11.5 Å². The summed E-state index contributed by atoms with van der Waals surface area (Å²) in [4.78, 5) is 22.3. The number of hydrogen-bond donors (Lipinski definition) is 3. The second-order valence-corrected chi connectivity index (χ2v) is 8.62. The molecule has 1 aliphatic rings. The number of phosphoric acid groups is 1. The van der Waals surface area contributed by atoms with E-state index in [-0.39, 0.29) is 42.7 Å². The molecule has 3 aromatic rings. The number of nitrogens with two attached hydrogens (primary N) is 1. The molecule has 4 N–H and O–H groups in total. The van der Waals surface area contributed by atoms with E-state index >= 15 is 0 Å². The predicted molar refractivity (Wildman–Crippen MR) is 105 cm³/mol. The number of aliphatic hydroxyl groups excluding tert-OH is 1. The summed E-state index contributed by atoms with van der Waals surface area (Å²) in [5.41, 5.74) is 6.90. The number of rotatable bonds is 7. The Morgan fingerprint density at radius 3 is 2.76 bits per heavy atom. The zero-order chi connectivity index (χ0) is 20.6. The third kappa shape index (κ3) is 4.08. The number of nitrogen functional groups attached to an aromatic ring is 1. The molecule has 4 atom stereocenters. The fraction of sp³-hybridized carbons (Fsp3) is 0.353. The van der Waals surface area contributed by atoms with Gasteiger partial charge in [0.25, 0.3) is 0 Å². The number of aliphatic hydroxyl groups is 1. The van der Waals surface area contributed by atoms with E-state index in [0.717, 1.165) is 0 Å². The van der Waals surface area contributed by atoms with Crippen molar-refractivity contribution >= 4 is 36.4 Å². The van der Waals surface area contributed by atoms with Crippen LogP contribution in [-0.4, -0.2) is 42.7 Å². The van der Waals surface area contributed by atoms with Gasteiger partial charge in [0.05, 0.1) is 12.9 Å². The highest BCUT2D eigenvalue weighted by atomic mass is 35.5. The number of phosphoric ester groups is 1. The molecule has 0 spiro atoms. The number of nitrogens with zero attached hydrogens (tertiary/aromatic N) is 4. The maximum atomic E-state index is 12.2. The fourth-order valence-electron chi connectivity index (χ4n) is 3.52. The van der Waals surface area contributed by atoms with Crippen molar-refractivity contribution < 1.29 is 23.6 Å². The van der Waals surface area contributed by atoms with Gasteiger partial charge in [-0.05, 0) is 36.6 Å². The van der Waals surface area contributed by atoms with E-state index in [1.54, 1.807) is 18.5 Å². The Kier molecular flexibility index (Phi) is 5.46. The van der Waals surface area contributed by atoms with Crippen molar-refractivity contribution in [1.29, 1.82) is 0 Å². The van der Waals surface area contributed by atoms with Crippen LogP contribution in [-0.2, 0) is 9.09 Å². The van der Waals surface area contributed by atoms with Gasteiger partial charge in [-0.1, -0.05) is 11.6 Å². The van der Waals surface area contributed by atoms with Crippen molar-refractivity contribution in [3.8, 4) is 5.75 Å². The molecular weight excluding hydrogens is 421 g/mol. The van der Waals surface area contributed by atoms with Crippen molar-refractivity contribution in [1.82, 2.24) is 19.5 Å². The maximum absolute atomic E-state index is 12.2. The largest absolute Gasteiger partial charge is 0.527 e. The molecule has 2 heterocycles. The first kappa shape index (κ1) is 20.1. The third-order valence-corrected chi connectivity index (χ3v) is 6.25. The van der Waals surface area contributed by atoms with Crippen LogP contribution in [0.4, 0.5) is 5.82 Å². The molecule has 4 rings (SSSR count). The molecule has 1 saturated carbocycles. The lowest BCUT2D eigenvalue weighted by Crippen LogP contribution is -2.42. The first-order chi connectivity index (χ1) is 13.9. The fourth-order valence-corrected chi connectivity index (χ4v) is 4.46. The molecule has 29 heavy (non-hydrogen) atoms. The number of anilines is 1. The highest BCUT2D eigenvalue weighted by Crippen LogP contribution is 2.49. The Morgan fingerprint density at radius 1 is 1.28 bits per heavy atom. The van der Waals surface area contributed by atoms with Gasteiger partial charge in [-0.15, -0.1) is 0 Å². The third-order valence-electron chi connectivity index (χ3n) is 5.09. The van der Waals surface area contributed by atoms with Gasteiger partial charge in [0, 0.05) is 23.6 Å². The summed E-state index contributed by atoms with van der Waals surface area (Å²) in [7, 11) is -4.31. The summed E-state index contributed by atoms with van der Waals surface area (Å²) >= 11 is 5.78. The molecule has 12 heteroatoms. The molecule has 0 saturated heterocycles. The quantitative estimate of drug-likeness (QED) is 0.472. The lowest BCUT2D eigenvalue weighted by Gasteiger charge is -2.44. The summed E-state index contributed by atoms with van der Waals surface area (Å²) in [5, 5.41) is 10.3. The van der Waals surface area contributed by atoms with Gasteiger partial charge in [0.2, 0.25) is 0 Å². The molecule has 154 valence electrons. The monoisotopic (exact) mass is 439 g/mol. The molecular formula is C17H19ClN5O5P. The number of halogens is 1. The van der Waals surface area contributed by atoms with Crippen LogP contribution in [0.2, 0.25) is 5.02 Å². The number of aromatic nitrogens is 4. The second kappa shape index (κ2) is 7.89. The topological polar surface area (TPSA) is 146 Å². The summed E-state index contributed by atoms with van der Waals surface area (Å²) in [6.07, 6.45) is 3.58. The van der Waals surface area contributed by atoms with Gasteiger partial charge < -0.3 is 19.9 Å². The smallest absolute Gasteiger partial charge is 0.404 e. The Balaban J connectivity index is 1.40. The minimum absolute atomic E-state index is 0.0349. The Bertz CT molecular complexity index is 1060. The minimum Gasteiger partial charge on any atom is -0.404 e. The predicted octanol–water partition coefficient (Wildman–Crippen LogP) is 2.43. The van der Waals surface area contributed by atoms with E-state index in [1.807, 2.05) is 4.57 Å². The molecule has 0 aliphatic heterocycles. The van der Waals surface area contributed by atoms with E-state index in [0.29, 0.717) is 22.6 Å². The van der Waals surface area contributed by atoms with Crippen LogP contribution >= 0.6 is 19.4 Å². The van der Waals surface area contributed by atoms with Gasteiger partial charge in [-0.25, -0.2) is 19.5 Å². The molecule has 0 bridgehead atoms. The van der Waals surface area contributed by atoms with Gasteiger partial charge in [0.1, 0.15) is 17.6 Å². The van der Waals surface area contributed by atoms with Crippen LogP contribution in [0.5, 0.6) is 5.75 Å². The summed E-state index contributed by atoms with van der Waals surface area (Å²) in [6.45, 7) is -0.153. The summed E-state index contributed by atoms with van der Waals surface area (Å²) in [6, 6.07) is 5.95. The summed E-state index contributed by atoms with van der Waals surface area (Å²) < 4.78 is 24.2. The molecule has 1 fully saturated rings. The van der Waals surface area contributed by atoms with Crippen LogP contribution in [0, 0.1) is 11.8 Å². The zero-order valence-electron chi connectivity index (χ0n) is 15.1. The molecule has 1 unspecified atom stereocenters. The molecule has 10 nitrogen and oxygen atoms in total. The Labute approximate surface area is 170 Å². The Morgan fingerprint density at radius 2 is 2.03 bits per heavy atom. The average Bonchev–Trinajstić information content (AvgIpc) is 3.08. The summed E-state index contributed by atoms with van der Waals surface area (Å²) in [5.74, 6) is 0.136. The minimum atomic E-state index is -4.31. The lowest BCUT2D eigenvalue weighted by molar-refractivity contribution is -0.00488. The van der Waals surface area contributed by atoms with Crippen LogP contribution in [0.25, 0.3) is 11.2 Å². The second-order valence-electron chi connectivity index (χ2n) is 6.80. The number of benzene rings is 1. The lowest BCUT2D eigenvalue weighted by atomic mass is 9.70. The van der Waals surface area contributed by atoms with Crippen LogP contribution < -0.4 is 10.3 Å². The van der Waals surface area contributed by atoms with Crippen molar-refractivity contribution in [3.05, 3.63) is 41.9 Å². The van der Waals surface area contributed by atoms with E-state index in [4.69, 9.17) is 26.4 Å². The number of fused-ring (bicyclic) bond motifs is 1. The van der Waals surface area contributed by atoms with E-state index in [9.17, 15) is 14.6 Å². The molecule has 2 aromatic heterocycles. The standard InChI is InChI=1S/C17H19ClN5O5P/c18-11-1-3-12(4-2-11)28-29(25,26)27-7-10-5-14(13(10)6-24)23-9-22-15-16(19)20-8-21-17(15)23/h1-4,8-10,13-14,24H,5-7H2,(H,25,26)(H2,19,20,21)/t10-,13+,14-/m1/s1. The first-order valence-electron chi connectivity index (χ1n) is 8.84. The maximum Gasteiger partial charge on any atom is 0.527 e. The van der Waals surface area contributed by atoms with Crippen LogP contribution in [0.3, 0.4) is 0 Å².